The van der Waals surface area contributed by atoms with E-state index in [-0.39, 0.29) is 17.9 Å². The van der Waals surface area contributed by atoms with Crippen LogP contribution >= 0.6 is 15.9 Å². The first-order valence-electron chi connectivity index (χ1n) is 6.54. The lowest BCUT2D eigenvalue weighted by molar-refractivity contribution is -0.134. The van der Waals surface area contributed by atoms with Gasteiger partial charge in [-0.2, -0.15) is 5.26 Å². The summed E-state index contributed by atoms with van der Waals surface area (Å²) in [6.45, 7) is 4.83. The van der Waals surface area contributed by atoms with Gasteiger partial charge in [0.15, 0.2) is 0 Å². The molecule has 1 aliphatic heterocycles. The molecule has 1 unspecified atom stereocenters. The second kappa shape index (κ2) is 5.45. The van der Waals surface area contributed by atoms with Gasteiger partial charge in [-0.1, -0.05) is 12.1 Å². The average molecular weight is 336 g/mol. The number of carbonyl (C=O) groups excluding carboxylic acids is 1. The lowest BCUT2D eigenvalue weighted by atomic mass is 9.92. The summed E-state index contributed by atoms with van der Waals surface area (Å²) in [5.41, 5.74) is 0.729. The maximum atomic E-state index is 12.4. The number of carbonyl (C=O) groups is 1. The van der Waals surface area contributed by atoms with Gasteiger partial charge in [0, 0.05) is 18.1 Å². The minimum atomic E-state index is -0.438. The summed E-state index contributed by atoms with van der Waals surface area (Å²) in [7, 11) is 1.80. The molecule has 1 fully saturated rings. The van der Waals surface area contributed by atoms with Crippen LogP contribution < -0.4 is 4.90 Å². The smallest absolute Gasteiger partial charge is 0.246 e. The van der Waals surface area contributed by atoms with Crippen molar-refractivity contribution in [3.05, 3.63) is 28.7 Å². The van der Waals surface area contributed by atoms with Gasteiger partial charge in [0.2, 0.25) is 5.91 Å². The summed E-state index contributed by atoms with van der Waals surface area (Å²) < 4.78 is 0.938. The van der Waals surface area contributed by atoms with Crippen molar-refractivity contribution in [3.63, 3.8) is 0 Å². The molecule has 0 spiro atoms. The number of nitriles is 1. The second-order valence-corrected chi connectivity index (χ2v) is 6.56. The molecular formula is C15H18BrN3O. The minimum absolute atomic E-state index is 0.00151. The van der Waals surface area contributed by atoms with Crippen LogP contribution in [0.3, 0.4) is 0 Å². The predicted molar refractivity (Wildman–Crippen MR) is 82.4 cm³/mol. The molecule has 1 heterocycles. The fourth-order valence-corrected chi connectivity index (χ4v) is 3.40. The number of likely N-dealkylation sites (N-methyl/N-ethyl adjacent to an activating group) is 1. The van der Waals surface area contributed by atoms with E-state index in [1.54, 1.807) is 11.9 Å². The molecular weight excluding hydrogens is 318 g/mol. The molecule has 0 saturated carbocycles. The van der Waals surface area contributed by atoms with E-state index in [2.05, 4.69) is 40.7 Å². The van der Waals surface area contributed by atoms with E-state index in [4.69, 9.17) is 5.26 Å². The van der Waals surface area contributed by atoms with Gasteiger partial charge in [-0.3, -0.25) is 4.79 Å². The number of hydrogen-bond acceptors (Lipinski definition) is 3. The number of nitrogens with zero attached hydrogens (tertiary/aromatic N) is 3. The molecule has 106 valence electrons. The Balaban J connectivity index is 2.52. The Bertz CT molecular complexity index is 564. The predicted octanol–water partition coefficient (Wildman–Crippen LogP) is 2.79. The quantitative estimate of drug-likeness (QED) is 0.834. The number of piperazine rings is 1. The van der Waals surface area contributed by atoms with E-state index in [0.29, 0.717) is 6.54 Å². The van der Waals surface area contributed by atoms with Crippen molar-refractivity contribution in [1.82, 2.24) is 4.90 Å². The topological polar surface area (TPSA) is 47.3 Å². The summed E-state index contributed by atoms with van der Waals surface area (Å²) in [5.74, 6) is 0.00151. The molecule has 1 amide bonds. The van der Waals surface area contributed by atoms with Crippen molar-refractivity contribution in [1.29, 1.82) is 5.26 Å². The maximum Gasteiger partial charge on any atom is 0.246 e. The van der Waals surface area contributed by atoms with E-state index in [1.807, 2.05) is 24.3 Å². The van der Waals surface area contributed by atoms with Gasteiger partial charge in [-0.15, -0.1) is 0 Å². The summed E-state index contributed by atoms with van der Waals surface area (Å²) in [6.07, 6.45) is 0.188. The van der Waals surface area contributed by atoms with Crippen LogP contribution in [0.5, 0.6) is 0 Å². The van der Waals surface area contributed by atoms with Crippen LogP contribution in [0.15, 0.2) is 28.7 Å². The number of hydrogen-bond donors (Lipinski definition) is 0. The molecule has 1 saturated heterocycles. The highest BCUT2D eigenvalue weighted by atomic mass is 79.9. The molecule has 20 heavy (non-hydrogen) atoms. The van der Waals surface area contributed by atoms with Gasteiger partial charge >= 0.3 is 0 Å². The zero-order valence-electron chi connectivity index (χ0n) is 11.9. The van der Waals surface area contributed by atoms with Crippen LogP contribution in [0, 0.1) is 11.3 Å². The molecule has 1 aromatic rings. The van der Waals surface area contributed by atoms with E-state index in [9.17, 15) is 4.79 Å². The lowest BCUT2D eigenvalue weighted by Crippen LogP contribution is -2.66. The first-order valence-corrected chi connectivity index (χ1v) is 7.33. The third-order valence-corrected chi connectivity index (χ3v) is 4.32. The van der Waals surface area contributed by atoms with Gasteiger partial charge in [-0.25, -0.2) is 0 Å². The zero-order valence-corrected chi connectivity index (χ0v) is 13.5. The van der Waals surface area contributed by atoms with E-state index in [0.717, 1.165) is 10.2 Å². The molecule has 0 aromatic heterocycles. The highest BCUT2D eigenvalue weighted by Crippen LogP contribution is 2.36. The first-order chi connectivity index (χ1) is 9.38. The third-order valence-electron chi connectivity index (χ3n) is 3.65. The Kier molecular flexibility index (Phi) is 4.05. The second-order valence-electron chi connectivity index (χ2n) is 5.71. The molecule has 1 aromatic carbocycles. The highest BCUT2D eigenvalue weighted by molar-refractivity contribution is 9.10. The minimum Gasteiger partial charge on any atom is -0.351 e. The van der Waals surface area contributed by atoms with Gasteiger partial charge < -0.3 is 9.80 Å². The molecule has 0 N–H and O–H groups in total. The Labute approximate surface area is 128 Å². The number of amides is 1. The van der Waals surface area contributed by atoms with Crippen LogP contribution in [0.1, 0.15) is 20.3 Å². The van der Waals surface area contributed by atoms with Gasteiger partial charge in [0.1, 0.15) is 6.04 Å². The lowest BCUT2D eigenvalue weighted by Gasteiger charge is -2.51. The monoisotopic (exact) mass is 335 g/mol. The molecule has 0 aliphatic carbocycles. The van der Waals surface area contributed by atoms with Crippen LogP contribution in [-0.2, 0) is 4.79 Å². The molecule has 5 heteroatoms. The fourth-order valence-electron chi connectivity index (χ4n) is 2.93. The fraction of sp³-hybridized carbons (Fsp3) is 0.467. The molecule has 0 radical (unpaired) electrons. The van der Waals surface area contributed by atoms with E-state index < -0.39 is 6.04 Å². The standard InChI is InChI=1S/C15H18BrN3O/c1-15(2)10-18(3)14(20)13(8-9-17)19(15)12-7-5-4-6-11(12)16/h4-7,13H,8,10H2,1-3H3. The van der Waals surface area contributed by atoms with Crippen molar-refractivity contribution < 1.29 is 4.79 Å². The largest absolute Gasteiger partial charge is 0.351 e. The third kappa shape index (κ3) is 2.53. The number of para-hydroxylation sites is 1. The summed E-state index contributed by atoms with van der Waals surface area (Å²) >= 11 is 3.55. The summed E-state index contributed by atoms with van der Waals surface area (Å²) in [5, 5.41) is 9.07. The van der Waals surface area contributed by atoms with Gasteiger partial charge in [0.25, 0.3) is 0 Å². The van der Waals surface area contributed by atoms with E-state index in [1.165, 1.54) is 0 Å². The molecule has 2 rings (SSSR count). The van der Waals surface area contributed by atoms with E-state index >= 15 is 0 Å². The first kappa shape index (κ1) is 14.9. The Morgan fingerprint density at radius 1 is 1.45 bits per heavy atom. The zero-order chi connectivity index (χ0) is 14.9. The summed E-state index contributed by atoms with van der Waals surface area (Å²) in [6, 6.07) is 9.53. The van der Waals surface area contributed by atoms with Crippen molar-refractivity contribution in [3.8, 4) is 6.07 Å². The van der Waals surface area contributed by atoms with Crippen molar-refractivity contribution >= 4 is 27.5 Å². The number of anilines is 1. The number of halogens is 1. The normalized spacial score (nSPS) is 21.8. The average Bonchev–Trinajstić information content (AvgIpc) is 2.37. The molecule has 0 bridgehead atoms. The molecule has 4 nitrogen and oxygen atoms in total. The van der Waals surface area contributed by atoms with Gasteiger partial charge in [-0.05, 0) is 41.9 Å². The molecule has 1 atom stereocenters. The SMILES string of the molecule is CN1CC(C)(C)N(c2ccccc2Br)C(CC#N)C1=O. The highest BCUT2D eigenvalue weighted by Gasteiger charge is 2.44. The molecule has 1 aliphatic rings. The number of rotatable bonds is 2. The Morgan fingerprint density at radius 3 is 2.70 bits per heavy atom. The Hall–Kier alpha value is -1.54. The van der Waals surface area contributed by atoms with Gasteiger partial charge in [0.05, 0.1) is 23.7 Å². The maximum absolute atomic E-state index is 12.4. The van der Waals surface area contributed by atoms with Crippen LogP contribution in [-0.4, -0.2) is 36.0 Å². The van der Waals surface area contributed by atoms with Crippen molar-refractivity contribution in [2.45, 2.75) is 31.8 Å². The number of benzene rings is 1. The van der Waals surface area contributed by atoms with Crippen LogP contribution in [0.4, 0.5) is 5.69 Å². The van der Waals surface area contributed by atoms with Crippen molar-refractivity contribution in [2.75, 3.05) is 18.5 Å². The Morgan fingerprint density at radius 2 is 2.10 bits per heavy atom. The summed E-state index contributed by atoms with van der Waals surface area (Å²) in [4.78, 5) is 16.2. The van der Waals surface area contributed by atoms with Crippen LogP contribution in [0.2, 0.25) is 0 Å². The van der Waals surface area contributed by atoms with Crippen molar-refractivity contribution in [2.24, 2.45) is 0 Å². The van der Waals surface area contributed by atoms with Crippen LogP contribution in [0.25, 0.3) is 0 Å².